The van der Waals surface area contributed by atoms with Gasteiger partial charge in [0, 0.05) is 42.5 Å². The second-order valence-electron chi connectivity index (χ2n) is 7.55. The predicted molar refractivity (Wildman–Crippen MR) is 113 cm³/mol. The molecule has 0 N–H and O–H groups in total. The second-order valence-corrected chi connectivity index (χ2v) is 7.55. The molecule has 0 unspecified atom stereocenters. The monoisotopic (exact) mass is 387 g/mol. The molecule has 3 aromatic rings. The van der Waals surface area contributed by atoms with Crippen LogP contribution in [0.25, 0.3) is 11.3 Å². The van der Waals surface area contributed by atoms with Crippen LogP contribution in [0, 0.1) is 12.8 Å². The number of ether oxygens (including phenoxy) is 1. The van der Waals surface area contributed by atoms with Gasteiger partial charge in [-0.25, -0.2) is 0 Å². The van der Waals surface area contributed by atoms with Crippen LogP contribution in [0.4, 0.5) is 0 Å². The zero-order valence-corrected chi connectivity index (χ0v) is 16.6. The fourth-order valence-electron chi connectivity index (χ4n) is 3.72. The smallest absolute Gasteiger partial charge is 0.253 e. The van der Waals surface area contributed by atoms with Crippen molar-refractivity contribution >= 4 is 5.91 Å². The van der Waals surface area contributed by atoms with Gasteiger partial charge in [0.05, 0.1) is 18.5 Å². The van der Waals surface area contributed by atoms with Gasteiger partial charge in [0.2, 0.25) is 0 Å². The first-order chi connectivity index (χ1) is 14.2. The first kappa shape index (κ1) is 19.1. The van der Waals surface area contributed by atoms with Gasteiger partial charge in [0.1, 0.15) is 5.75 Å². The van der Waals surface area contributed by atoms with E-state index in [1.165, 1.54) is 5.56 Å². The number of likely N-dealkylation sites (tertiary alicyclic amines) is 1. The summed E-state index contributed by atoms with van der Waals surface area (Å²) in [5.74, 6) is 1.33. The van der Waals surface area contributed by atoms with Crippen LogP contribution in [-0.2, 0) is 0 Å². The molecule has 0 spiro atoms. The van der Waals surface area contributed by atoms with E-state index < -0.39 is 0 Å². The van der Waals surface area contributed by atoms with E-state index in [4.69, 9.17) is 4.74 Å². The summed E-state index contributed by atoms with van der Waals surface area (Å²) >= 11 is 0. The molecule has 29 heavy (non-hydrogen) atoms. The molecule has 148 valence electrons. The molecule has 0 aliphatic carbocycles. The van der Waals surface area contributed by atoms with E-state index in [1.807, 2.05) is 47.4 Å². The molecule has 5 nitrogen and oxygen atoms in total. The van der Waals surface area contributed by atoms with Crippen molar-refractivity contribution < 1.29 is 9.53 Å². The highest BCUT2D eigenvalue weighted by Gasteiger charge is 2.25. The van der Waals surface area contributed by atoms with Crippen LogP contribution in [0.15, 0.2) is 67.1 Å². The average Bonchev–Trinajstić information content (AvgIpc) is 2.78. The maximum atomic E-state index is 13.0. The minimum absolute atomic E-state index is 0.0796. The van der Waals surface area contributed by atoms with Crippen LogP contribution in [-0.4, -0.2) is 40.5 Å². The van der Waals surface area contributed by atoms with Gasteiger partial charge < -0.3 is 9.64 Å². The number of aromatic nitrogens is 2. The van der Waals surface area contributed by atoms with Crippen LogP contribution in [0.1, 0.15) is 28.8 Å². The predicted octanol–water partition coefficient (Wildman–Crippen LogP) is 4.38. The Labute approximate surface area is 171 Å². The lowest BCUT2D eigenvalue weighted by atomic mass is 9.98. The number of carbonyl (C=O) groups is 1. The molecule has 0 bridgehead atoms. The summed E-state index contributed by atoms with van der Waals surface area (Å²) in [6.45, 7) is 4.23. The van der Waals surface area contributed by atoms with Crippen molar-refractivity contribution in [3.8, 4) is 17.0 Å². The number of benzene rings is 2. The van der Waals surface area contributed by atoms with Crippen LogP contribution >= 0.6 is 0 Å². The van der Waals surface area contributed by atoms with Gasteiger partial charge >= 0.3 is 0 Å². The molecule has 4 rings (SSSR count). The fraction of sp³-hybridized carbons (Fsp3) is 0.292. The summed E-state index contributed by atoms with van der Waals surface area (Å²) in [5, 5.41) is 0. The number of carbonyl (C=O) groups excluding carboxylic acids is 1. The maximum Gasteiger partial charge on any atom is 0.253 e. The summed E-state index contributed by atoms with van der Waals surface area (Å²) in [7, 11) is 0. The average molecular weight is 387 g/mol. The maximum absolute atomic E-state index is 13.0. The van der Waals surface area contributed by atoms with Gasteiger partial charge in [0.15, 0.2) is 0 Å². The lowest BCUT2D eigenvalue weighted by molar-refractivity contribution is 0.0633. The minimum atomic E-state index is 0.0796. The normalized spacial score (nSPS) is 16.4. The Bertz CT molecular complexity index is 957. The van der Waals surface area contributed by atoms with Gasteiger partial charge in [-0.2, -0.15) is 0 Å². The molecule has 1 atom stereocenters. The van der Waals surface area contributed by atoms with Crippen LogP contribution in [0.2, 0.25) is 0 Å². The van der Waals surface area contributed by atoms with Crippen LogP contribution in [0.5, 0.6) is 5.75 Å². The highest BCUT2D eigenvalue weighted by atomic mass is 16.5. The minimum Gasteiger partial charge on any atom is -0.493 e. The van der Waals surface area contributed by atoms with E-state index >= 15 is 0 Å². The van der Waals surface area contributed by atoms with Gasteiger partial charge in [-0.05, 0) is 49.6 Å². The topological polar surface area (TPSA) is 55.3 Å². The SMILES string of the molecule is Cc1cccc(OC[C@H]2CCCN(C(=O)c3ccc(-c4cnccn4)cc3)C2)c1. The fourth-order valence-corrected chi connectivity index (χ4v) is 3.72. The van der Waals surface area contributed by atoms with Crippen LogP contribution in [0.3, 0.4) is 0 Å². The summed E-state index contributed by atoms with van der Waals surface area (Å²) in [6.07, 6.45) is 7.13. The number of hydrogen-bond donors (Lipinski definition) is 0. The summed E-state index contributed by atoms with van der Waals surface area (Å²) in [4.78, 5) is 23.3. The number of piperidine rings is 1. The summed E-state index contributed by atoms with van der Waals surface area (Å²) in [6, 6.07) is 15.7. The molecule has 1 aliphatic heterocycles. The molecule has 2 heterocycles. The molecule has 2 aromatic carbocycles. The highest BCUT2D eigenvalue weighted by Crippen LogP contribution is 2.22. The lowest BCUT2D eigenvalue weighted by Gasteiger charge is -2.32. The number of aryl methyl sites for hydroxylation is 1. The van der Waals surface area contributed by atoms with E-state index in [2.05, 4.69) is 23.0 Å². The molecule has 0 radical (unpaired) electrons. The van der Waals surface area contributed by atoms with Crippen molar-refractivity contribution in [1.82, 2.24) is 14.9 Å². The number of amides is 1. The van der Waals surface area contributed by atoms with Gasteiger partial charge in [-0.15, -0.1) is 0 Å². The first-order valence-corrected chi connectivity index (χ1v) is 10.0. The Hall–Kier alpha value is -3.21. The summed E-state index contributed by atoms with van der Waals surface area (Å²) < 4.78 is 5.97. The lowest BCUT2D eigenvalue weighted by Crippen LogP contribution is -2.41. The highest BCUT2D eigenvalue weighted by molar-refractivity contribution is 5.94. The number of rotatable bonds is 5. The largest absolute Gasteiger partial charge is 0.493 e. The van der Waals surface area contributed by atoms with E-state index in [-0.39, 0.29) is 5.91 Å². The van der Waals surface area contributed by atoms with Crippen LogP contribution < -0.4 is 4.74 Å². The molecule has 5 heteroatoms. The van der Waals surface area contributed by atoms with E-state index in [0.717, 1.165) is 42.9 Å². The molecule has 1 aromatic heterocycles. The van der Waals surface area contributed by atoms with Crippen molar-refractivity contribution in [3.63, 3.8) is 0 Å². The van der Waals surface area contributed by atoms with E-state index in [0.29, 0.717) is 18.1 Å². The van der Waals surface area contributed by atoms with Gasteiger partial charge in [0.25, 0.3) is 5.91 Å². The summed E-state index contributed by atoms with van der Waals surface area (Å²) in [5.41, 5.74) is 3.65. The second kappa shape index (κ2) is 8.86. The molecule has 1 amide bonds. The Balaban J connectivity index is 1.37. The van der Waals surface area contributed by atoms with Crippen molar-refractivity contribution in [3.05, 3.63) is 78.2 Å². The first-order valence-electron chi connectivity index (χ1n) is 10.0. The van der Waals surface area contributed by atoms with Gasteiger partial charge in [-0.1, -0.05) is 24.3 Å². The molecule has 1 aliphatic rings. The van der Waals surface area contributed by atoms with Gasteiger partial charge in [-0.3, -0.25) is 14.8 Å². The molecular weight excluding hydrogens is 362 g/mol. The number of nitrogens with zero attached hydrogens (tertiary/aromatic N) is 3. The quantitative estimate of drug-likeness (QED) is 0.652. The van der Waals surface area contributed by atoms with Crippen molar-refractivity contribution in [1.29, 1.82) is 0 Å². The zero-order valence-electron chi connectivity index (χ0n) is 16.6. The third-order valence-electron chi connectivity index (χ3n) is 5.27. The Morgan fingerprint density at radius 3 is 2.79 bits per heavy atom. The molecule has 0 saturated carbocycles. The van der Waals surface area contributed by atoms with Crippen molar-refractivity contribution in [2.75, 3.05) is 19.7 Å². The third-order valence-corrected chi connectivity index (χ3v) is 5.27. The van der Waals surface area contributed by atoms with E-state index in [9.17, 15) is 4.79 Å². The zero-order chi connectivity index (χ0) is 20.1. The van der Waals surface area contributed by atoms with Crippen molar-refractivity contribution in [2.45, 2.75) is 19.8 Å². The third kappa shape index (κ3) is 4.80. The Morgan fingerprint density at radius 2 is 2.03 bits per heavy atom. The Kier molecular flexibility index (Phi) is 5.84. The molecule has 1 saturated heterocycles. The van der Waals surface area contributed by atoms with E-state index in [1.54, 1.807) is 18.6 Å². The number of hydrogen-bond acceptors (Lipinski definition) is 4. The van der Waals surface area contributed by atoms with Crippen molar-refractivity contribution in [2.24, 2.45) is 5.92 Å². The molecule has 1 fully saturated rings. The standard InChI is InChI=1S/C24H25N3O2/c1-18-4-2-6-22(14-18)29-17-19-5-3-13-27(16-19)24(28)21-9-7-20(8-10-21)23-15-25-11-12-26-23/h2,4,6-12,14-15,19H,3,5,13,16-17H2,1H3/t19-/m0/s1. The molecular formula is C24H25N3O2. The Morgan fingerprint density at radius 1 is 1.17 bits per heavy atom.